The van der Waals surface area contributed by atoms with Gasteiger partial charge >= 0.3 is 0 Å². The molecule has 0 fully saturated rings. The largest absolute Gasteiger partial charge is 0.384 e. The molecule has 1 aromatic rings. The van der Waals surface area contributed by atoms with Crippen LogP contribution in [0.3, 0.4) is 0 Å². The molecular formula is C13H19F2NS. The molecule has 0 spiro atoms. The van der Waals surface area contributed by atoms with Crippen molar-refractivity contribution in [3.8, 4) is 0 Å². The Morgan fingerprint density at radius 1 is 1.24 bits per heavy atom. The topological polar surface area (TPSA) is 12.0 Å². The van der Waals surface area contributed by atoms with E-state index in [0.717, 1.165) is 25.1 Å². The smallest absolute Gasteiger partial charge is 0.288 e. The van der Waals surface area contributed by atoms with Crippen molar-refractivity contribution >= 4 is 17.4 Å². The van der Waals surface area contributed by atoms with Crippen molar-refractivity contribution in [1.29, 1.82) is 0 Å². The number of rotatable bonds is 7. The number of benzene rings is 1. The molecule has 0 aromatic heterocycles. The number of hydrogen-bond donors (Lipinski definition) is 1. The molecule has 1 N–H and O–H groups in total. The first-order chi connectivity index (χ1) is 8.09. The minimum absolute atomic E-state index is 0.594. The van der Waals surface area contributed by atoms with Crippen molar-refractivity contribution < 1.29 is 8.78 Å². The lowest BCUT2D eigenvalue weighted by molar-refractivity contribution is 0.252. The predicted octanol–water partition coefficient (Wildman–Crippen LogP) is 4.85. The molecule has 0 amide bonds. The number of hydrogen-bond acceptors (Lipinski definition) is 2. The van der Waals surface area contributed by atoms with E-state index in [1.165, 1.54) is 0 Å². The third-order valence-electron chi connectivity index (χ3n) is 2.38. The fourth-order valence-corrected chi connectivity index (χ4v) is 2.16. The number of para-hydroxylation sites is 1. The first-order valence-corrected chi connectivity index (χ1v) is 6.75. The molecular weight excluding hydrogens is 240 g/mol. The van der Waals surface area contributed by atoms with Crippen LogP contribution in [0.5, 0.6) is 0 Å². The highest BCUT2D eigenvalue weighted by Crippen LogP contribution is 2.31. The molecule has 0 saturated carbocycles. The first-order valence-electron chi connectivity index (χ1n) is 5.87. The maximum Gasteiger partial charge on any atom is 0.288 e. The molecule has 17 heavy (non-hydrogen) atoms. The highest BCUT2D eigenvalue weighted by Gasteiger charge is 2.08. The second kappa shape index (κ2) is 7.54. The van der Waals surface area contributed by atoms with E-state index in [1.807, 2.05) is 12.1 Å². The predicted molar refractivity (Wildman–Crippen MR) is 70.9 cm³/mol. The Morgan fingerprint density at radius 2 is 1.94 bits per heavy atom. The quantitative estimate of drug-likeness (QED) is 0.555. The van der Waals surface area contributed by atoms with Crippen molar-refractivity contribution in [1.82, 2.24) is 0 Å². The number of halogens is 2. The summed E-state index contributed by atoms with van der Waals surface area (Å²) in [5, 5.41) is 3.22. The average Bonchev–Trinajstić information content (AvgIpc) is 2.25. The van der Waals surface area contributed by atoms with E-state index in [9.17, 15) is 8.78 Å². The van der Waals surface area contributed by atoms with Gasteiger partial charge in [0, 0.05) is 17.1 Å². The maximum absolute atomic E-state index is 12.3. The Bertz CT molecular complexity index is 329. The van der Waals surface area contributed by atoms with E-state index in [-0.39, 0.29) is 0 Å². The fraction of sp³-hybridized carbons (Fsp3) is 0.538. The molecule has 0 atom stereocenters. The zero-order valence-corrected chi connectivity index (χ0v) is 11.1. The van der Waals surface area contributed by atoms with Gasteiger partial charge in [0.25, 0.3) is 5.76 Å². The lowest BCUT2D eigenvalue weighted by atomic mass is 10.1. The summed E-state index contributed by atoms with van der Waals surface area (Å²) in [5.74, 6) is -1.68. The van der Waals surface area contributed by atoms with Crippen molar-refractivity contribution in [2.24, 2.45) is 5.92 Å². The molecule has 96 valence electrons. The Hall–Kier alpha value is -0.770. The summed E-state index contributed by atoms with van der Waals surface area (Å²) in [6.45, 7) is 5.19. The molecule has 0 saturated heterocycles. The van der Waals surface area contributed by atoms with Gasteiger partial charge in [0.15, 0.2) is 0 Å². The number of anilines is 1. The summed E-state index contributed by atoms with van der Waals surface area (Å²) in [4.78, 5) is 0.618. The minimum atomic E-state index is -2.37. The Kier molecular flexibility index (Phi) is 6.34. The van der Waals surface area contributed by atoms with Crippen molar-refractivity contribution in [2.75, 3.05) is 11.9 Å². The van der Waals surface area contributed by atoms with E-state index in [4.69, 9.17) is 0 Å². The SMILES string of the molecule is CC(C)CCCNc1ccccc1SC(F)F. The van der Waals surface area contributed by atoms with E-state index in [0.29, 0.717) is 22.6 Å². The summed E-state index contributed by atoms with van der Waals surface area (Å²) in [6.07, 6.45) is 2.21. The monoisotopic (exact) mass is 259 g/mol. The molecule has 1 nitrogen and oxygen atoms in total. The van der Waals surface area contributed by atoms with Gasteiger partial charge in [0.2, 0.25) is 0 Å². The standard InChI is InChI=1S/C13H19F2NS/c1-10(2)6-5-9-16-11-7-3-4-8-12(11)17-13(14)15/h3-4,7-8,10,13,16H,5-6,9H2,1-2H3. The lowest BCUT2D eigenvalue weighted by Crippen LogP contribution is -2.04. The van der Waals surface area contributed by atoms with Gasteiger partial charge in [-0.25, -0.2) is 0 Å². The van der Waals surface area contributed by atoms with Gasteiger partial charge in [-0.1, -0.05) is 37.7 Å². The van der Waals surface area contributed by atoms with Crippen LogP contribution in [0.4, 0.5) is 14.5 Å². The van der Waals surface area contributed by atoms with E-state index in [2.05, 4.69) is 19.2 Å². The van der Waals surface area contributed by atoms with E-state index < -0.39 is 5.76 Å². The van der Waals surface area contributed by atoms with Gasteiger partial charge < -0.3 is 5.32 Å². The van der Waals surface area contributed by atoms with Crippen LogP contribution in [0, 0.1) is 5.92 Å². The van der Waals surface area contributed by atoms with Gasteiger partial charge in [-0.05, 0) is 30.9 Å². The summed E-state index contributed by atoms with van der Waals surface area (Å²) in [7, 11) is 0. The number of nitrogens with one attached hydrogen (secondary N) is 1. The number of alkyl halides is 2. The highest BCUT2D eigenvalue weighted by molar-refractivity contribution is 7.99. The summed E-state index contributed by atoms with van der Waals surface area (Å²) < 4.78 is 24.7. The minimum Gasteiger partial charge on any atom is -0.384 e. The molecule has 1 rings (SSSR count). The number of thioether (sulfide) groups is 1. The van der Waals surface area contributed by atoms with Crippen LogP contribution in [0.25, 0.3) is 0 Å². The van der Waals surface area contributed by atoms with Crippen LogP contribution in [0.15, 0.2) is 29.2 Å². The van der Waals surface area contributed by atoms with E-state index >= 15 is 0 Å². The molecule has 0 radical (unpaired) electrons. The van der Waals surface area contributed by atoms with Gasteiger partial charge in [-0.2, -0.15) is 8.78 Å². The Labute approximate surface area is 106 Å². The molecule has 0 aliphatic rings. The van der Waals surface area contributed by atoms with Gasteiger partial charge in [-0.15, -0.1) is 0 Å². The molecule has 0 bridgehead atoms. The van der Waals surface area contributed by atoms with Crippen molar-refractivity contribution in [2.45, 2.75) is 37.3 Å². The normalized spacial score (nSPS) is 11.2. The van der Waals surface area contributed by atoms with Gasteiger partial charge in [-0.3, -0.25) is 0 Å². The van der Waals surface area contributed by atoms with Crippen molar-refractivity contribution in [3.63, 3.8) is 0 Å². The van der Waals surface area contributed by atoms with Gasteiger partial charge in [0.05, 0.1) is 0 Å². The average molecular weight is 259 g/mol. The zero-order valence-electron chi connectivity index (χ0n) is 10.2. The Morgan fingerprint density at radius 3 is 2.59 bits per heavy atom. The van der Waals surface area contributed by atoms with Crippen LogP contribution in [0.1, 0.15) is 26.7 Å². The fourth-order valence-electron chi connectivity index (χ4n) is 1.54. The first kappa shape index (κ1) is 14.3. The van der Waals surface area contributed by atoms with Crippen LogP contribution in [0.2, 0.25) is 0 Å². The van der Waals surface area contributed by atoms with Crippen LogP contribution < -0.4 is 5.32 Å². The van der Waals surface area contributed by atoms with Crippen LogP contribution in [-0.2, 0) is 0 Å². The molecule has 0 aliphatic carbocycles. The van der Waals surface area contributed by atoms with Crippen LogP contribution in [-0.4, -0.2) is 12.3 Å². The maximum atomic E-state index is 12.3. The van der Waals surface area contributed by atoms with E-state index in [1.54, 1.807) is 12.1 Å². The molecule has 0 unspecified atom stereocenters. The summed E-state index contributed by atoms with van der Waals surface area (Å²) >= 11 is 0.594. The third kappa shape index (κ3) is 5.91. The van der Waals surface area contributed by atoms with Gasteiger partial charge in [0.1, 0.15) is 0 Å². The molecule has 0 aliphatic heterocycles. The summed E-state index contributed by atoms with van der Waals surface area (Å²) in [6, 6.07) is 7.21. The zero-order chi connectivity index (χ0) is 12.7. The molecule has 4 heteroatoms. The second-order valence-electron chi connectivity index (χ2n) is 4.34. The Balaban J connectivity index is 2.46. The molecule has 1 aromatic carbocycles. The highest BCUT2D eigenvalue weighted by atomic mass is 32.2. The third-order valence-corrected chi connectivity index (χ3v) is 3.16. The summed E-state index contributed by atoms with van der Waals surface area (Å²) in [5.41, 5.74) is 0.807. The second-order valence-corrected chi connectivity index (χ2v) is 5.37. The van der Waals surface area contributed by atoms with Crippen molar-refractivity contribution in [3.05, 3.63) is 24.3 Å². The van der Waals surface area contributed by atoms with Crippen LogP contribution >= 0.6 is 11.8 Å². The lowest BCUT2D eigenvalue weighted by Gasteiger charge is -2.11. The molecule has 0 heterocycles.